The summed E-state index contributed by atoms with van der Waals surface area (Å²) in [6.45, 7) is 0.428. The standard InChI is InChI=1S/C21H19N5O3/c27-20(14-26-18-8-4-5-9-19(18)29-15-21(26)28)24-22-10-17-11-23-25(13-17)12-16-6-2-1-3-7-16/h1-11,13H,12,14-15H2,(H,24,27)/b22-10-. The Balaban J connectivity index is 1.33. The number of nitrogens with zero attached hydrogens (tertiary/aromatic N) is 4. The molecule has 1 aliphatic rings. The molecular weight excluding hydrogens is 370 g/mol. The first kappa shape index (κ1) is 18.4. The summed E-state index contributed by atoms with van der Waals surface area (Å²) in [5.74, 6) is -0.0952. The van der Waals surface area contributed by atoms with Crippen LogP contribution in [0.25, 0.3) is 0 Å². The third-order valence-corrected chi connectivity index (χ3v) is 4.35. The number of aromatic nitrogens is 2. The van der Waals surface area contributed by atoms with Gasteiger partial charge in [-0.1, -0.05) is 42.5 Å². The number of hydrogen-bond acceptors (Lipinski definition) is 5. The van der Waals surface area contributed by atoms with E-state index in [1.54, 1.807) is 29.1 Å². The van der Waals surface area contributed by atoms with Crippen molar-refractivity contribution in [3.63, 3.8) is 0 Å². The van der Waals surface area contributed by atoms with Gasteiger partial charge in [-0.2, -0.15) is 10.2 Å². The largest absolute Gasteiger partial charge is 0.482 e. The van der Waals surface area contributed by atoms with Crippen LogP contribution in [0.3, 0.4) is 0 Å². The van der Waals surface area contributed by atoms with E-state index in [0.717, 1.165) is 11.1 Å². The second-order valence-corrected chi connectivity index (χ2v) is 6.49. The van der Waals surface area contributed by atoms with Gasteiger partial charge in [-0.3, -0.25) is 19.2 Å². The van der Waals surface area contributed by atoms with Crippen LogP contribution in [-0.4, -0.2) is 41.0 Å². The molecule has 1 aromatic heterocycles. The predicted octanol–water partition coefficient (Wildman–Crippen LogP) is 1.81. The molecule has 2 aromatic carbocycles. The Hall–Kier alpha value is -3.94. The first-order chi connectivity index (χ1) is 14.2. The molecule has 2 heterocycles. The van der Waals surface area contributed by atoms with Crippen LogP contribution in [-0.2, 0) is 16.1 Å². The Morgan fingerprint density at radius 2 is 1.97 bits per heavy atom. The highest BCUT2D eigenvalue weighted by Crippen LogP contribution is 2.31. The van der Waals surface area contributed by atoms with Crippen molar-refractivity contribution in [2.24, 2.45) is 5.10 Å². The summed E-state index contributed by atoms with van der Waals surface area (Å²) >= 11 is 0. The van der Waals surface area contributed by atoms with Gasteiger partial charge in [0.2, 0.25) is 0 Å². The van der Waals surface area contributed by atoms with Crippen LogP contribution in [0.5, 0.6) is 5.75 Å². The third kappa shape index (κ3) is 4.49. The van der Waals surface area contributed by atoms with Crippen molar-refractivity contribution in [3.8, 4) is 5.75 Å². The molecule has 146 valence electrons. The number of carbonyl (C=O) groups is 2. The van der Waals surface area contributed by atoms with Gasteiger partial charge in [-0.05, 0) is 17.7 Å². The number of rotatable bonds is 6. The number of amides is 2. The van der Waals surface area contributed by atoms with Gasteiger partial charge in [0, 0.05) is 11.8 Å². The predicted molar refractivity (Wildman–Crippen MR) is 108 cm³/mol. The van der Waals surface area contributed by atoms with Crippen LogP contribution >= 0.6 is 0 Å². The highest BCUT2D eigenvalue weighted by atomic mass is 16.5. The van der Waals surface area contributed by atoms with Crippen molar-refractivity contribution < 1.29 is 14.3 Å². The van der Waals surface area contributed by atoms with Gasteiger partial charge in [0.1, 0.15) is 12.3 Å². The first-order valence-corrected chi connectivity index (χ1v) is 9.09. The fourth-order valence-electron chi connectivity index (χ4n) is 2.99. The summed E-state index contributed by atoms with van der Waals surface area (Å²) in [4.78, 5) is 25.7. The normalized spacial score (nSPS) is 13.2. The second-order valence-electron chi connectivity index (χ2n) is 6.49. The number of nitrogens with one attached hydrogen (secondary N) is 1. The molecule has 0 atom stereocenters. The van der Waals surface area contributed by atoms with E-state index in [1.165, 1.54) is 11.1 Å². The molecule has 8 nitrogen and oxygen atoms in total. The first-order valence-electron chi connectivity index (χ1n) is 9.09. The van der Waals surface area contributed by atoms with E-state index in [1.807, 2.05) is 42.6 Å². The zero-order valence-corrected chi connectivity index (χ0v) is 15.6. The maximum atomic E-state index is 12.2. The minimum Gasteiger partial charge on any atom is -0.482 e. The summed E-state index contributed by atoms with van der Waals surface area (Å²) < 4.78 is 7.16. The van der Waals surface area contributed by atoms with E-state index in [9.17, 15) is 9.59 Å². The average molecular weight is 389 g/mol. The summed E-state index contributed by atoms with van der Waals surface area (Å²) in [5.41, 5.74) is 4.92. The topological polar surface area (TPSA) is 88.8 Å². The highest BCUT2D eigenvalue weighted by Gasteiger charge is 2.26. The molecule has 1 N–H and O–H groups in total. The van der Waals surface area contributed by atoms with E-state index in [-0.39, 0.29) is 19.1 Å². The number of benzene rings is 2. The Morgan fingerprint density at radius 1 is 1.17 bits per heavy atom. The lowest BCUT2D eigenvalue weighted by molar-refractivity contribution is -0.125. The Morgan fingerprint density at radius 3 is 2.83 bits per heavy atom. The average Bonchev–Trinajstić information content (AvgIpc) is 3.18. The van der Waals surface area contributed by atoms with Crippen molar-refractivity contribution in [1.29, 1.82) is 0 Å². The SMILES string of the molecule is O=C(CN1C(=O)COc2ccccc21)N/N=C\c1cnn(Cc2ccccc2)c1. The van der Waals surface area contributed by atoms with Crippen LogP contribution in [0.15, 0.2) is 72.1 Å². The number of para-hydroxylation sites is 2. The van der Waals surface area contributed by atoms with Crippen LogP contribution < -0.4 is 15.1 Å². The van der Waals surface area contributed by atoms with Crippen molar-refractivity contribution >= 4 is 23.7 Å². The fraction of sp³-hybridized carbons (Fsp3) is 0.143. The molecule has 0 fully saturated rings. The quantitative estimate of drug-likeness (QED) is 0.514. The molecule has 0 unspecified atom stereocenters. The fourth-order valence-corrected chi connectivity index (χ4v) is 2.99. The molecule has 0 saturated heterocycles. The molecule has 3 aromatic rings. The summed E-state index contributed by atoms with van der Waals surface area (Å²) in [6.07, 6.45) is 5.02. The van der Waals surface area contributed by atoms with Crippen LogP contribution in [0.1, 0.15) is 11.1 Å². The summed E-state index contributed by atoms with van der Waals surface area (Å²) in [7, 11) is 0. The molecule has 0 bridgehead atoms. The van der Waals surface area contributed by atoms with Crippen LogP contribution in [0, 0.1) is 0 Å². The lowest BCUT2D eigenvalue weighted by atomic mass is 10.2. The maximum absolute atomic E-state index is 12.2. The number of fused-ring (bicyclic) bond motifs is 1. The molecule has 1 aliphatic heterocycles. The van der Waals surface area contributed by atoms with Gasteiger partial charge < -0.3 is 4.74 Å². The van der Waals surface area contributed by atoms with Gasteiger partial charge >= 0.3 is 0 Å². The second kappa shape index (κ2) is 8.39. The smallest absolute Gasteiger partial charge is 0.265 e. The maximum Gasteiger partial charge on any atom is 0.265 e. The monoisotopic (exact) mass is 389 g/mol. The molecule has 29 heavy (non-hydrogen) atoms. The van der Waals surface area contributed by atoms with E-state index in [2.05, 4.69) is 15.6 Å². The molecule has 2 amide bonds. The molecule has 0 aliphatic carbocycles. The Labute approximate surface area is 167 Å². The lowest BCUT2D eigenvalue weighted by Gasteiger charge is -2.28. The van der Waals surface area contributed by atoms with Gasteiger partial charge in [-0.15, -0.1) is 0 Å². The molecule has 4 rings (SSSR count). The van der Waals surface area contributed by atoms with Gasteiger partial charge in [-0.25, -0.2) is 5.43 Å². The number of hydrogen-bond donors (Lipinski definition) is 1. The summed E-state index contributed by atoms with van der Waals surface area (Å²) in [5, 5.41) is 8.25. The molecule has 0 saturated carbocycles. The zero-order valence-electron chi connectivity index (χ0n) is 15.6. The molecule has 8 heteroatoms. The number of anilines is 1. The summed E-state index contributed by atoms with van der Waals surface area (Å²) in [6, 6.07) is 17.1. The van der Waals surface area contributed by atoms with E-state index in [4.69, 9.17) is 4.74 Å². The Bertz CT molecular complexity index is 1050. The van der Waals surface area contributed by atoms with E-state index in [0.29, 0.717) is 18.0 Å². The lowest BCUT2D eigenvalue weighted by Crippen LogP contribution is -2.44. The number of carbonyl (C=O) groups excluding carboxylic acids is 2. The highest BCUT2D eigenvalue weighted by molar-refractivity contribution is 6.02. The van der Waals surface area contributed by atoms with Gasteiger partial charge in [0.15, 0.2) is 6.61 Å². The van der Waals surface area contributed by atoms with Gasteiger partial charge in [0.25, 0.3) is 11.8 Å². The Kier molecular flexibility index (Phi) is 5.33. The van der Waals surface area contributed by atoms with Gasteiger partial charge in [0.05, 0.1) is 24.6 Å². The number of ether oxygens (including phenoxy) is 1. The third-order valence-electron chi connectivity index (χ3n) is 4.35. The van der Waals surface area contributed by atoms with E-state index >= 15 is 0 Å². The minimum atomic E-state index is -0.400. The zero-order chi connectivity index (χ0) is 20.1. The van der Waals surface area contributed by atoms with Crippen molar-refractivity contribution in [2.45, 2.75) is 6.54 Å². The van der Waals surface area contributed by atoms with Crippen LogP contribution in [0.4, 0.5) is 5.69 Å². The van der Waals surface area contributed by atoms with Crippen molar-refractivity contribution in [1.82, 2.24) is 15.2 Å². The molecular formula is C21H19N5O3. The molecule has 0 radical (unpaired) electrons. The number of hydrazone groups is 1. The minimum absolute atomic E-state index is 0.0891. The van der Waals surface area contributed by atoms with Crippen molar-refractivity contribution in [3.05, 3.63) is 78.1 Å². The molecule has 0 spiro atoms. The van der Waals surface area contributed by atoms with Crippen molar-refractivity contribution in [2.75, 3.05) is 18.1 Å². The van der Waals surface area contributed by atoms with Crippen LogP contribution in [0.2, 0.25) is 0 Å². The van der Waals surface area contributed by atoms with E-state index < -0.39 is 5.91 Å².